The van der Waals surface area contributed by atoms with Gasteiger partial charge in [0.05, 0.1) is 23.0 Å². The number of carbonyl (C=O) groups is 2. The van der Waals surface area contributed by atoms with Crippen LogP contribution in [0.3, 0.4) is 0 Å². The van der Waals surface area contributed by atoms with Gasteiger partial charge in [-0.3, -0.25) is 9.59 Å². The minimum atomic E-state index is -0.223. The topological polar surface area (TPSA) is 115 Å². The Morgan fingerprint density at radius 3 is 2.62 bits per heavy atom. The van der Waals surface area contributed by atoms with Crippen molar-refractivity contribution in [2.75, 3.05) is 30.8 Å². The maximum atomic E-state index is 13.2. The van der Waals surface area contributed by atoms with E-state index in [1.165, 1.54) is 12.6 Å². The third-order valence-electron chi connectivity index (χ3n) is 6.50. The Morgan fingerprint density at radius 2 is 1.84 bits per heavy atom. The molecular formula is C27H28ClN7O2. The number of rotatable bonds is 6. The second-order valence-electron chi connectivity index (χ2n) is 9.00. The molecule has 4 N–H and O–H groups in total. The van der Waals surface area contributed by atoms with Gasteiger partial charge >= 0.3 is 0 Å². The number of fused-ring (bicyclic) bond motifs is 1. The number of benzene rings is 2. The highest BCUT2D eigenvalue weighted by Crippen LogP contribution is 2.30. The molecule has 190 valence electrons. The van der Waals surface area contributed by atoms with Crippen LogP contribution in [0.4, 0.5) is 23.1 Å². The van der Waals surface area contributed by atoms with Crippen LogP contribution in [0.25, 0.3) is 10.9 Å². The summed E-state index contributed by atoms with van der Waals surface area (Å²) >= 11 is 6.35. The van der Waals surface area contributed by atoms with Gasteiger partial charge in [0.1, 0.15) is 5.02 Å². The number of H-pyrrole nitrogens is 1. The molecule has 2 aromatic carbocycles. The third-order valence-corrected chi connectivity index (χ3v) is 6.77. The lowest BCUT2D eigenvalue weighted by molar-refractivity contribution is 0.0725. The normalized spacial score (nSPS) is 13.4. The average Bonchev–Trinajstić information content (AvgIpc) is 3.25. The Balaban J connectivity index is 1.39. The van der Waals surface area contributed by atoms with Crippen LogP contribution < -0.4 is 16.0 Å². The minimum absolute atomic E-state index is 0.0814. The van der Waals surface area contributed by atoms with Crippen LogP contribution in [0.5, 0.6) is 0 Å². The number of nitrogens with one attached hydrogen (secondary N) is 4. The zero-order valence-corrected chi connectivity index (χ0v) is 21.4. The number of aryl methyl sites for hydroxylation is 1. The number of aromatic nitrogens is 3. The van der Waals surface area contributed by atoms with Gasteiger partial charge in [-0.15, -0.1) is 0 Å². The summed E-state index contributed by atoms with van der Waals surface area (Å²) in [7, 11) is 1.58. The third kappa shape index (κ3) is 5.08. The second kappa shape index (κ2) is 10.5. The molecule has 1 fully saturated rings. The lowest BCUT2D eigenvalue weighted by Crippen LogP contribution is -2.35. The first-order valence-corrected chi connectivity index (χ1v) is 12.6. The van der Waals surface area contributed by atoms with E-state index in [1.54, 1.807) is 25.2 Å². The molecule has 2 aromatic heterocycles. The standard InChI is InChI=1S/C27H28ClN7O2/c1-16-23(26(37)35-12-6-3-7-13-35)18-11-10-17(14-22(18)31-16)32-27-30-15-20(28)24(34-27)33-21-9-5-4-8-19(21)25(36)29-2/h4-5,8-11,14-15,31H,3,6-7,12-13H2,1-2H3,(H,29,36)(H2,30,32,33,34). The van der Waals surface area contributed by atoms with E-state index >= 15 is 0 Å². The number of nitrogens with zero attached hydrogens (tertiary/aromatic N) is 3. The molecule has 2 amide bonds. The van der Waals surface area contributed by atoms with Crippen molar-refractivity contribution in [2.45, 2.75) is 26.2 Å². The summed E-state index contributed by atoms with van der Waals surface area (Å²) < 4.78 is 0. The highest BCUT2D eigenvalue weighted by molar-refractivity contribution is 6.33. The van der Waals surface area contributed by atoms with Gasteiger partial charge in [-0.2, -0.15) is 4.98 Å². The second-order valence-corrected chi connectivity index (χ2v) is 9.41. The zero-order chi connectivity index (χ0) is 25.9. The van der Waals surface area contributed by atoms with Crippen LogP contribution in [0.2, 0.25) is 5.02 Å². The molecule has 10 heteroatoms. The number of amides is 2. The number of piperidine rings is 1. The van der Waals surface area contributed by atoms with Crippen molar-refractivity contribution in [3.8, 4) is 0 Å². The number of para-hydroxylation sites is 1. The smallest absolute Gasteiger partial charge is 0.256 e. The Kier molecular flexibility index (Phi) is 6.96. The van der Waals surface area contributed by atoms with Crippen LogP contribution in [-0.4, -0.2) is 51.8 Å². The SMILES string of the molecule is CNC(=O)c1ccccc1Nc1nc(Nc2ccc3c(C(=O)N4CCCCC4)c(C)[nH]c3c2)ncc1Cl. The largest absolute Gasteiger partial charge is 0.358 e. The Morgan fingerprint density at radius 1 is 1.05 bits per heavy atom. The first-order valence-electron chi connectivity index (χ1n) is 12.2. The number of hydrogen-bond acceptors (Lipinski definition) is 6. The van der Waals surface area contributed by atoms with Gasteiger partial charge in [-0.05, 0) is 56.5 Å². The van der Waals surface area contributed by atoms with Gasteiger partial charge in [0.2, 0.25) is 5.95 Å². The van der Waals surface area contributed by atoms with E-state index in [0.29, 0.717) is 28.0 Å². The first-order chi connectivity index (χ1) is 17.9. The number of carbonyl (C=O) groups excluding carboxylic acids is 2. The fourth-order valence-electron chi connectivity index (χ4n) is 4.64. The van der Waals surface area contributed by atoms with Gasteiger partial charge in [0, 0.05) is 42.4 Å². The van der Waals surface area contributed by atoms with Crippen molar-refractivity contribution in [1.82, 2.24) is 25.2 Å². The number of hydrogen-bond donors (Lipinski definition) is 4. The first kappa shape index (κ1) is 24.6. The zero-order valence-electron chi connectivity index (χ0n) is 20.7. The summed E-state index contributed by atoms with van der Waals surface area (Å²) in [6.07, 6.45) is 4.78. The Bertz CT molecular complexity index is 1480. The minimum Gasteiger partial charge on any atom is -0.358 e. The van der Waals surface area contributed by atoms with Crippen LogP contribution in [-0.2, 0) is 0 Å². The monoisotopic (exact) mass is 517 g/mol. The number of halogens is 1. The summed E-state index contributed by atoms with van der Waals surface area (Å²) in [6.45, 7) is 3.55. The van der Waals surface area contributed by atoms with E-state index in [4.69, 9.17) is 11.6 Å². The van der Waals surface area contributed by atoms with E-state index in [0.717, 1.165) is 53.8 Å². The molecule has 0 saturated carbocycles. The predicted molar refractivity (Wildman–Crippen MR) is 146 cm³/mol. The summed E-state index contributed by atoms with van der Waals surface area (Å²) in [4.78, 5) is 39.5. The fourth-order valence-corrected chi connectivity index (χ4v) is 4.78. The summed E-state index contributed by atoms with van der Waals surface area (Å²) in [5.41, 5.74) is 4.23. The predicted octanol–water partition coefficient (Wildman–Crippen LogP) is 5.39. The molecule has 1 saturated heterocycles. The van der Waals surface area contributed by atoms with Crippen molar-refractivity contribution in [1.29, 1.82) is 0 Å². The number of anilines is 4. The number of aromatic amines is 1. The molecular weight excluding hydrogens is 490 g/mol. The quantitative estimate of drug-likeness (QED) is 0.272. The highest BCUT2D eigenvalue weighted by atomic mass is 35.5. The summed E-state index contributed by atoms with van der Waals surface area (Å²) in [5, 5.41) is 10.2. The molecule has 0 unspecified atom stereocenters. The maximum Gasteiger partial charge on any atom is 0.256 e. The molecule has 1 aliphatic heterocycles. The summed E-state index contributed by atoms with van der Waals surface area (Å²) in [5.74, 6) is 0.551. The van der Waals surface area contributed by atoms with Crippen molar-refractivity contribution in [3.05, 3.63) is 70.5 Å². The Labute approximate surface area is 219 Å². The van der Waals surface area contributed by atoms with Crippen molar-refractivity contribution >= 4 is 57.5 Å². The van der Waals surface area contributed by atoms with Crippen molar-refractivity contribution < 1.29 is 9.59 Å². The average molecular weight is 518 g/mol. The molecule has 0 bridgehead atoms. The van der Waals surface area contributed by atoms with E-state index < -0.39 is 0 Å². The number of likely N-dealkylation sites (tertiary alicyclic amines) is 1. The molecule has 5 rings (SSSR count). The van der Waals surface area contributed by atoms with Crippen LogP contribution >= 0.6 is 11.6 Å². The molecule has 0 aliphatic carbocycles. The molecule has 37 heavy (non-hydrogen) atoms. The highest BCUT2D eigenvalue weighted by Gasteiger charge is 2.23. The van der Waals surface area contributed by atoms with Gasteiger partial charge in [0.25, 0.3) is 11.8 Å². The van der Waals surface area contributed by atoms with Gasteiger partial charge in [-0.1, -0.05) is 23.7 Å². The van der Waals surface area contributed by atoms with Crippen LogP contribution in [0.15, 0.2) is 48.7 Å². The lowest BCUT2D eigenvalue weighted by Gasteiger charge is -2.26. The molecule has 9 nitrogen and oxygen atoms in total. The molecule has 1 aliphatic rings. The molecule has 0 atom stereocenters. The van der Waals surface area contributed by atoms with Crippen LogP contribution in [0, 0.1) is 6.92 Å². The Hall–Kier alpha value is -4.11. The molecule has 0 spiro atoms. The fraction of sp³-hybridized carbons (Fsp3) is 0.259. The van der Waals surface area contributed by atoms with E-state index in [9.17, 15) is 9.59 Å². The van der Waals surface area contributed by atoms with E-state index in [2.05, 4.69) is 30.9 Å². The van der Waals surface area contributed by atoms with Gasteiger partial charge < -0.3 is 25.8 Å². The van der Waals surface area contributed by atoms with Crippen LogP contribution in [0.1, 0.15) is 45.7 Å². The summed E-state index contributed by atoms with van der Waals surface area (Å²) in [6, 6.07) is 12.9. The maximum absolute atomic E-state index is 13.2. The van der Waals surface area contributed by atoms with Crippen molar-refractivity contribution in [3.63, 3.8) is 0 Å². The van der Waals surface area contributed by atoms with Crippen molar-refractivity contribution in [2.24, 2.45) is 0 Å². The van der Waals surface area contributed by atoms with Gasteiger partial charge in [0.15, 0.2) is 5.82 Å². The van der Waals surface area contributed by atoms with Gasteiger partial charge in [-0.25, -0.2) is 4.98 Å². The molecule has 0 radical (unpaired) electrons. The molecule has 4 aromatic rings. The van der Waals surface area contributed by atoms with E-state index in [1.807, 2.05) is 36.1 Å². The molecule has 3 heterocycles. The lowest BCUT2D eigenvalue weighted by atomic mass is 10.1. The van der Waals surface area contributed by atoms with E-state index in [-0.39, 0.29) is 11.8 Å².